The van der Waals surface area contributed by atoms with Crippen LogP contribution in [-0.2, 0) is 36.5 Å². The number of thiophene rings is 2. The Morgan fingerprint density at radius 1 is 1.24 bits per heavy atom. The molecule has 0 fully saturated rings. The molecule has 0 aromatic carbocycles. The molecule has 1 aliphatic carbocycles. The Hall–Kier alpha value is -2.36. The number of amides is 1. The summed E-state index contributed by atoms with van der Waals surface area (Å²) in [4.78, 5) is 39.7. The van der Waals surface area contributed by atoms with Gasteiger partial charge in [-0.3, -0.25) is 9.59 Å². The Labute approximate surface area is 204 Å². The zero-order valence-electron chi connectivity index (χ0n) is 18.4. The van der Waals surface area contributed by atoms with Crippen molar-refractivity contribution in [2.75, 3.05) is 5.75 Å². The van der Waals surface area contributed by atoms with E-state index in [0.717, 1.165) is 40.1 Å². The van der Waals surface area contributed by atoms with Gasteiger partial charge in [0.1, 0.15) is 16.4 Å². The summed E-state index contributed by atoms with van der Waals surface area (Å²) in [6.07, 6.45) is 5.23. The van der Waals surface area contributed by atoms with Crippen LogP contribution in [0.25, 0.3) is 10.2 Å². The SMILES string of the molecule is Cc1ccc(CN(Cc2ccco2)C(=O)CCSCc2nc3sc4c(c3c(=O)[nH]2)CCC4)s1. The van der Waals surface area contributed by atoms with Crippen molar-refractivity contribution in [3.63, 3.8) is 0 Å². The van der Waals surface area contributed by atoms with E-state index in [4.69, 9.17) is 9.40 Å². The molecule has 1 amide bonds. The lowest BCUT2D eigenvalue weighted by atomic mass is 10.2. The van der Waals surface area contributed by atoms with Crippen LogP contribution in [0.4, 0.5) is 0 Å². The van der Waals surface area contributed by atoms with Crippen molar-refractivity contribution >= 4 is 50.6 Å². The third-order valence-electron chi connectivity index (χ3n) is 5.75. The fourth-order valence-electron chi connectivity index (χ4n) is 4.18. The number of carbonyl (C=O) groups is 1. The molecule has 9 heteroatoms. The number of carbonyl (C=O) groups excluding carboxylic acids is 1. The first-order valence-electron chi connectivity index (χ1n) is 11.0. The highest BCUT2D eigenvalue weighted by molar-refractivity contribution is 7.98. The van der Waals surface area contributed by atoms with Crippen molar-refractivity contribution < 1.29 is 9.21 Å². The Bertz CT molecular complexity index is 1320. The maximum absolute atomic E-state index is 13.0. The zero-order valence-corrected chi connectivity index (χ0v) is 20.8. The Balaban J connectivity index is 1.19. The number of nitrogens with one attached hydrogen (secondary N) is 1. The van der Waals surface area contributed by atoms with Crippen molar-refractivity contribution in [3.8, 4) is 0 Å². The molecule has 4 aromatic heterocycles. The van der Waals surface area contributed by atoms with Crippen LogP contribution < -0.4 is 5.56 Å². The van der Waals surface area contributed by atoms with Gasteiger partial charge in [-0.15, -0.1) is 22.7 Å². The van der Waals surface area contributed by atoms with Gasteiger partial charge in [0.05, 0.1) is 30.5 Å². The van der Waals surface area contributed by atoms with Crippen LogP contribution in [0.15, 0.2) is 39.7 Å². The number of nitrogens with zero attached hydrogens (tertiary/aromatic N) is 2. The van der Waals surface area contributed by atoms with Crippen molar-refractivity contribution in [1.82, 2.24) is 14.9 Å². The quantitative estimate of drug-likeness (QED) is 0.317. The van der Waals surface area contributed by atoms with E-state index in [1.165, 1.54) is 15.3 Å². The van der Waals surface area contributed by atoms with Crippen molar-refractivity contribution in [3.05, 3.63) is 72.7 Å². The molecule has 0 saturated heterocycles. The van der Waals surface area contributed by atoms with E-state index < -0.39 is 0 Å². The second-order valence-electron chi connectivity index (χ2n) is 8.19. The molecule has 0 aliphatic heterocycles. The molecule has 4 heterocycles. The highest BCUT2D eigenvalue weighted by Gasteiger charge is 2.21. The standard InChI is InChI=1S/C24H25N3O3S3/c1-15-7-8-17(32-15)13-27(12-16-4-3-10-30-16)21(28)9-11-31-14-20-25-23(29)22-18-5-2-6-19(18)33-24(22)26-20/h3-4,7-8,10H,2,5-6,9,11-14H2,1H3,(H,25,26,29). The van der Waals surface area contributed by atoms with Crippen molar-refractivity contribution in [1.29, 1.82) is 0 Å². The molecule has 1 N–H and O–H groups in total. The molecule has 0 spiro atoms. The fraction of sp³-hybridized carbons (Fsp3) is 0.375. The molecule has 0 radical (unpaired) electrons. The van der Waals surface area contributed by atoms with Gasteiger partial charge < -0.3 is 14.3 Å². The first kappa shape index (κ1) is 22.4. The van der Waals surface area contributed by atoms with E-state index in [2.05, 4.69) is 24.0 Å². The number of fused-ring (bicyclic) bond motifs is 3. The van der Waals surface area contributed by atoms with E-state index >= 15 is 0 Å². The van der Waals surface area contributed by atoms with Crippen LogP contribution in [0.1, 0.15) is 44.6 Å². The van der Waals surface area contributed by atoms with Crippen LogP contribution in [0.3, 0.4) is 0 Å². The number of aryl methyl sites for hydroxylation is 3. The van der Waals surface area contributed by atoms with Crippen LogP contribution >= 0.6 is 34.4 Å². The summed E-state index contributed by atoms with van der Waals surface area (Å²) in [6, 6.07) is 7.90. The molecule has 0 unspecified atom stereocenters. The van der Waals surface area contributed by atoms with E-state index in [1.54, 1.807) is 40.7 Å². The molecule has 33 heavy (non-hydrogen) atoms. The monoisotopic (exact) mass is 499 g/mol. The van der Waals surface area contributed by atoms with E-state index in [9.17, 15) is 9.59 Å². The average Bonchev–Trinajstić information content (AvgIpc) is 3.56. The van der Waals surface area contributed by atoms with Gasteiger partial charge in [-0.25, -0.2) is 4.98 Å². The number of aromatic nitrogens is 2. The lowest BCUT2D eigenvalue weighted by Gasteiger charge is -2.21. The minimum absolute atomic E-state index is 0.0260. The normalized spacial score (nSPS) is 13.0. The van der Waals surface area contributed by atoms with Gasteiger partial charge in [0, 0.05) is 26.8 Å². The van der Waals surface area contributed by atoms with Gasteiger partial charge in [0.2, 0.25) is 5.91 Å². The molecule has 0 saturated carbocycles. The van der Waals surface area contributed by atoms with Gasteiger partial charge >= 0.3 is 0 Å². The number of aromatic amines is 1. The topological polar surface area (TPSA) is 79.2 Å². The second-order valence-corrected chi connectivity index (χ2v) is 11.8. The summed E-state index contributed by atoms with van der Waals surface area (Å²) in [7, 11) is 0. The van der Waals surface area contributed by atoms with Crippen molar-refractivity contribution in [2.45, 2.75) is 51.4 Å². The molecule has 6 nitrogen and oxygen atoms in total. The number of furan rings is 1. The van der Waals surface area contributed by atoms with Crippen LogP contribution in [0.5, 0.6) is 0 Å². The fourth-order valence-corrected chi connectivity index (χ4v) is 7.16. The number of rotatable bonds is 9. The van der Waals surface area contributed by atoms with Gasteiger partial charge in [-0.05, 0) is 56.0 Å². The van der Waals surface area contributed by atoms with Crippen LogP contribution in [0, 0.1) is 6.92 Å². The van der Waals surface area contributed by atoms with E-state index in [-0.39, 0.29) is 11.5 Å². The average molecular weight is 500 g/mol. The van der Waals surface area contributed by atoms with Gasteiger partial charge in [0.25, 0.3) is 5.56 Å². The highest BCUT2D eigenvalue weighted by Crippen LogP contribution is 2.34. The molecule has 1 aliphatic rings. The third kappa shape index (κ3) is 5.10. The second kappa shape index (κ2) is 9.87. The maximum atomic E-state index is 13.0. The largest absolute Gasteiger partial charge is 0.467 e. The summed E-state index contributed by atoms with van der Waals surface area (Å²) >= 11 is 4.99. The first-order chi connectivity index (χ1) is 16.1. The Kier molecular flexibility index (Phi) is 6.71. The summed E-state index contributed by atoms with van der Waals surface area (Å²) in [5.74, 6) is 2.81. The van der Waals surface area contributed by atoms with Gasteiger partial charge in [-0.2, -0.15) is 11.8 Å². The smallest absolute Gasteiger partial charge is 0.259 e. The summed E-state index contributed by atoms with van der Waals surface area (Å²) in [5.41, 5.74) is 1.17. The number of thioether (sulfide) groups is 1. The number of hydrogen-bond donors (Lipinski definition) is 1. The molecule has 0 atom stereocenters. The lowest BCUT2D eigenvalue weighted by Crippen LogP contribution is -2.29. The minimum Gasteiger partial charge on any atom is -0.467 e. The summed E-state index contributed by atoms with van der Waals surface area (Å²) in [5, 5.41) is 0.786. The minimum atomic E-state index is -0.0260. The predicted octanol–water partition coefficient (Wildman–Crippen LogP) is 5.29. The van der Waals surface area contributed by atoms with Gasteiger partial charge in [-0.1, -0.05) is 0 Å². The third-order valence-corrected chi connectivity index (χ3v) is 8.89. The summed E-state index contributed by atoms with van der Waals surface area (Å²) < 4.78 is 5.47. The lowest BCUT2D eigenvalue weighted by molar-refractivity contribution is -0.132. The van der Waals surface area contributed by atoms with Crippen LogP contribution in [-0.4, -0.2) is 26.5 Å². The number of hydrogen-bond acceptors (Lipinski definition) is 7. The maximum Gasteiger partial charge on any atom is 0.259 e. The van der Waals surface area contributed by atoms with Crippen molar-refractivity contribution in [2.24, 2.45) is 0 Å². The molecule has 172 valence electrons. The Morgan fingerprint density at radius 3 is 2.94 bits per heavy atom. The highest BCUT2D eigenvalue weighted by atomic mass is 32.2. The zero-order chi connectivity index (χ0) is 22.8. The molecule has 5 rings (SSSR count). The molecular weight excluding hydrogens is 474 g/mol. The molecular formula is C24H25N3O3S3. The first-order valence-corrected chi connectivity index (χ1v) is 13.8. The Morgan fingerprint density at radius 2 is 2.15 bits per heavy atom. The molecule has 4 aromatic rings. The van der Waals surface area contributed by atoms with Crippen LogP contribution in [0.2, 0.25) is 0 Å². The predicted molar refractivity (Wildman–Crippen MR) is 135 cm³/mol. The molecule has 0 bridgehead atoms. The van der Waals surface area contributed by atoms with Gasteiger partial charge in [0.15, 0.2) is 0 Å². The number of H-pyrrole nitrogens is 1. The van der Waals surface area contributed by atoms with E-state index in [1.807, 2.05) is 17.0 Å². The summed E-state index contributed by atoms with van der Waals surface area (Å²) in [6.45, 7) is 3.11. The van der Waals surface area contributed by atoms with E-state index in [0.29, 0.717) is 36.8 Å².